The van der Waals surface area contributed by atoms with E-state index in [0.29, 0.717) is 0 Å². The Morgan fingerprint density at radius 2 is 2.00 bits per heavy atom. The molecule has 0 spiro atoms. The van der Waals surface area contributed by atoms with Gasteiger partial charge in [0.2, 0.25) is 0 Å². The highest BCUT2D eigenvalue weighted by atomic mass is 16.5. The standard InChI is InChI=1S/CH4N2O/c1-2-3-4/h1H3,(H,2,4)/p-1. The highest BCUT2D eigenvalue weighted by molar-refractivity contribution is 4.17. The predicted octanol–water partition coefficient (Wildman–Crippen LogP) is 0.566. The largest absolute Gasteiger partial charge is 0.775 e. The summed E-state index contributed by atoms with van der Waals surface area (Å²) in [5, 5.41) is 13.7. The molecule has 0 bridgehead atoms. The van der Waals surface area contributed by atoms with E-state index in [-0.39, 0.29) is 0 Å². The van der Waals surface area contributed by atoms with Gasteiger partial charge in [0.15, 0.2) is 0 Å². The van der Waals surface area contributed by atoms with Gasteiger partial charge in [-0.3, -0.25) is 0 Å². The second kappa shape index (κ2) is 2.40. The number of hydrogen-bond acceptors (Lipinski definition) is 3. The van der Waals surface area contributed by atoms with E-state index in [1.165, 1.54) is 7.05 Å². The van der Waals surface area contributed by atoms with Crippen molar-refractivity contribution in [2.75, 3.05) is 7.05 Å². The third-order valence-corrected chi connectivity index (χ3v) is 0.0816. The van der Waals surface area contributed by atoms with Crippen molar-refractivity contribution in [3.05, 3.63) is 5.21 Å². The molecule has 0 rings (SSSR count). The maximum atomic E-state index is 8.76. The first kappa shape index (κ1) is 3.40. The molecule has 0 fully saturated rings. The molecular weight excluding hydrogens is 56.0 g/mol. The molecule has 0 unspecified atom stereocenters. The molecule has 0 atom stereocenters. The SMILES string of the molecule is CN=N[O-]. The Bertz CT molecular complexity index is 21.2. The molecule has 0 amide bonds. The van der Waals surface area contributed by atoms with E-state index in [1.54, 1.807) is 0 Å². The summed E-state index contributed by atoms with van der Waals surface area (Å²) in [4.78, 5) is 0. The molecule has 3 heteroatoms. The van der Waals surface area contributed by atoms with Gasteiger partial charge in [-0.15, -0.1) is 0 Å². The predicted molar refractivity (Wildman–Crippen MR) is 14.1 cm³/mol. The Labute approximate surface area is 23.9 Å². The highest BCUT2D eigenvalue weighted by Gasteiger charge is 1.21. The lowest BCUT2D eigenvalue weighted by atomic mass is 11.6. The average molecular weight is 59.0 g/mol. The zero-order chi connectivity index (χ0) is 3.41. The van der Waals surface area contributed by atoms with Crippen LogP contribution in [0.3, 0.4) is 0 Å². The van der Waals surface area contributed by atoms with Crippen molar-refractivity contribution in [1.82, 2.24) is 0 Å². The molecular formula is CH3N2O-. The molecule has 0 aromatic carbocycles. The second-order valence-corrected chi connectivity index (χ2v) is 0.282. The van der Waals surface area contributed by atoms with E-state index in [0.717, 1.165) is 0 Å². The maximum Gasteiger partial charge on any atom is 0.0484 e. The average Bonchev–Trinajstić information content (AvgIpc) is 1.37. The minimum atomic E-state index is 1.33. The summed E-state index contributed by atoms with van der Waals surface area (Å²) >= 11 is 0. The van der Waals surface area contributed by atoms with Gasteiger partial charge in [-0.1, -0.05) is 0 Å². The van der Waals surface area contributed by atoms with E-state index >= 15 is 0 Å². The molecule has 0 radical (unpaired) electrons. The number of nitrogens with zero attached hydrogens (tertiary/aromatic N) is 2. The quantitative estimate of drug-likeness (QED) is 0.297. The molecule has 0 N–H and O–H groups in total. The van der Waals surface area contributed by atoms with Crippen LogP contribution in [0.15, 0.2) is 10.4 Å². The molecule has 4 heavy (non-hydrogen) atoms. The third-order valence-electron chi connectivity index (χ3n) is 0.0816. The fourth-order valence-corrected chi connectivity index (χ4v) is 0. The number of rotatable bonds is 0. The van der Waals surface area contributed by atoms with E-state index < -0.39 is 0 Å². The molecule has 3 nitrogen and oxygen atoms in total. The smallest absolute Gasteiger partial charge is 0.0484 e. The summed E-state index contributed by atoms with van der Waals surface area (Å²) in [6, 6.07) is 0. The summed E-state index contributed by atoms with van der Waals surface area (Å²) in [6.45, 7) is 0. The fourth-order valence-electron chi connectivity index (χ4n) is 0. The molecule has 24 valence electrons. The van der Waals surface area contributed by atoms with Crippen molar-refractivity contribution in [2.45, 2.75) is 0 Å². The minimum absolute atomic E-state index is 1.33. The van der Waals surface area contributed by atoms with Crippen molar-refractivity contribution in [2.24, 2.45) is 10.4 Å². The maximum absolute atomic E-state index is 8.76. The first-order valence-electron chi connectivity index (χ1n) is 0.830. The molecule has 0 aliphatic rings. The van der Waals surface area contributed by atoms with Gasteiger partial charge in [-0.05, 0) is 0 Å². The van der Waals surface area contributed by atoms with Crippen molar-refractivity contribution >= 4 is 0 Å². The van der Waals surface area contributed by atoms with Crippen LogP contribution in [-0.4, -0.2) is 7.05 Å². The summed E-state index contributed by atoms with van der Waals surface area (Å²) in [5.74, 6) is 0. The molecule has 0 aliphatic heterocycles. The van der Waals surface area contributed by atoms with Crippen LogP contribution < -0.4 is 0 Å². The molecule has 0 aliphatic carbocycles. The molecule has 0 aromatic heterocycles. The van der Waals surface area contributed by atoms with Gasteiger partial charge in [0.1, 0.15) is 0 Å². The summed E-state index contributed by atoms with van der Waals surface area (Å²) < 4.78 is 0. The lowest BCUT2D eigenvalue weighted by Gasteiger charge is -1.75. The van der Waals surface area contributed by atoms with Crippen LogP contribution in [0.5, 0.6) is 0 Å². The Hall–Kier alpha value is -0.600. The van der Waals surface area contributed by atoms with Gasteiger partial charge >= 0.3 is 0 Å². The molecule has 0 saturated heterocycles. The van der Waals surface area contributed by atoms with Crippen LogP contribution in [-0.2, 0) is 0 Å². The normalized spacial score (nSPS) is 9.25. The first-order valence-corrected chi connectivity index (χ1v) is 0.830. The summed E-state index contributed by atoms with van der Waals surface area (Å²) in [7, 11) is 1.33. The van der Waals surface area contributed by atoms with Gasteiger partial charge < -0.3 is 5.21 Å². The van der Waals surface area contributed by atoms with Gasteiger partial charge in [-0.2, -0.15) is 0 Å². The second-order valence-electron chi connectivity index (χ2n) is 0.282. The highest BCUT2D eigenvalue weighted by Crippen LogP contribution is 1.52. The van der Waals surface area contributed by atoms with E-state index in [4.69, 9.17) is 5.21 Å². The summed E-state index contributed by atoms with van der Waals surface area (Å²) in [6.07, 6.45) is 0. The van der Waals surface area contributed by atoms with Crippen LogP contribution in [0, 0.1) is 5.21 Å². The van der Waals surface area contributed by atoms with Crippen molar-refractivity contribution < 1.29 is 0 Å². The van der Waals surface area contributed by atoms with Crippen LogP contribution in [0.25, 0.3) is 0 Å². The van der Waals surface area contributed by atoms with Gasteiger partial charge in [0.05, 0.1) is 0 Å². The van der Waals surface area contributed by atoms with Gasteiger partial charge in [0.25, 0.3) is 0 Å². The van der Waals surface area contributed by atoms with Gasteiger partial charge in [-0.25, -0.2) is 10.4 Å². The van der Waals surface area contributed by atoms with E-state index in [2.05, 4.69) is 10.4 Å². The van der Waals surface area contributed by atoms with Crippen LogP contribution in [0.4, 0.5) is 0 Å². The van der Waals surface area contributed by atoms with Crippen molar-refractivity contribution in [3.63, 3.8) is 0 Å². The fraction of sp³-hybridized carbons (Fsp3) is 1.00. The zero-order valence-corrected chi connectivity index (χ0v) is 2.30. The lowest BCUT2D eigenvalue weighted by Crippen LogP contribution is -1.33. The van der Waals surface area contributed by atoms with Crippen LogP contribution >= 0.6 is 0 Å². The van der Waals surface area contributed by atoms with Gasteiger partial charge in [0, 0.05) is 7.05 Å². The Morgan fingerprint density at radius 1 is 1.75 bits per heavy atom. The molecule has 0 aromatic rings. The van der Waals surface area contributed by atoms with E-state index in [1.807, 2.05) is 0 Å². The molecule has 0 saturated carbocycles. The Kier molecular flexibility index (Phi) is 2.04. The Morgan fingerprint density at radius 3 is 2.00 bits per heavy atom. The van der Waals surface area contributed by atoms with Crippen molar-refractivity contribution in [3.8, 4) is 0 Å². The first-order chi connectivity index (χ1) is 1.91. The lowest BCUT2D eigenvalue weighted by molar-refractivity contribution is 1.17. The monoisotopic (exact) mass is 59.0 g/mol. The summed E-state index contributed by atoms with van der Waals surface area (Å²) in [5.41, 5.74) is 0. The van der Waals surface area contributed by atoms with E-state index in [9.17, 15) is 0 Å². The topological polar surface area (TPSA) is 47.8 Å². The molecule has 0 heterocycles. The van der Waals surface area contributed by atoms with Crippen molar-refractivity contribution in [1.29, 1.82) is 0 Å². The Balaban J connectivity index is 2.55. The van der Waals surface area contributed by atoms with Crippen LogP contribution in [0.1, 0.15) is 0 Å². The number of hydrogen-bond donors (Lipinski definition) is 0. The third kappa shape index (κ3) is 1.40. The zero-order valence-electron chi connectivity index (χ0n) is 2.30. The van der Waals surface area contributed by atoms with Crippen LogP contribution in [0.2, 0.25) is 0 Å². The minimum Gasteiger partial charge on any atom is -0.775 e.